The number of carboxylic acid groups (broad SMARTS) is 1. The molecule has 0 radical (unpaired) electrons. The van der Waals surface area contributed by atoms with Gasteiger partial charge in [0.25, 0.3) is 0 Å². The summed E-state index contributed by atoms with van der Waals surface area (Å²) in [7, 11) is 0. The monoisotopic (exact) mass is 169 g/mol. The molecular weight excluding hydrogens is 154 g/mol. The van der Waals surface area contributed by atoms with Crippen molar-refractivity contribution in [3.8, 4) is 0 Å². The molecule has 0 saturated heterocycles. The summed E-state index contributed by atoms with van der Waals surface area (Å²) in [6.45, 7) is 0. The van der Waals surface area contributed by atoms with Crippen molar-refractivity contribution in [3.63, 3.8) is 0 Å². The Balaban J connectivity index is 2.44. The fourth-order valence-corrected chi connectivity index (χ4v) is 1.52. The van der Waals surface area contributed by atoms with Crippen LogP contribution in [0, 0.1) is 0 Å². The zero-order chi connectivity index (χ0) is 8.97. The van der Waals surface area contributed by atoms with E-state index in [0.717, 1.165) is 24.8 Å². The van der Waals surface area contributed by atoms with Gasteiger partial charge in [0, 0.05) is 6.04 Å². The van der Waals surface area contributed by atoms with Crippen LogP contribution in [0.5, 0.6) is 0 Å². The molecule has 1 unspecified atom stereocenters. The van der Waals surface area contributed by atoms with Crippen LogP contribution in [0.3, 0.4) is 0 Å². The van der Waals surface area contributed by atoms with Gasteiger partial charge in [-0.2, -0.15) is 0 Å². The second kappa shape index (κ2) is 4.26. The summed E-state index contributed by atoms with van der Waals surface area (Å²) in [5.74, 6) is -0.811. The van der Waals surface area contributed by atoms with Crippen LogP contribution in [0.1, 0.15) is 32.1 Å². The highest BCUT2D eigenvalue weighted by Crippen LogP contribution is 2.20. The quantitative estimate of drug-likeness (QED) is 0.626. The summed E-state index contributed by atoms with van der Waals surface area (Å²) in [5, 5.41) is 8.51. The molecule has 0 aromatic heterocycles. The largest absolute Gasteiger partial charge is 0.481 e. The average Bonchev–Trinajstić information content (AvgIpc) is 2.05. The number of hydrogen-bond donors (Lipinski definition) is 2. The molecule has 0 heterocycles. The maximum Gasteiger partial charge on any atom is 0.305 e. The smallest absolute Gasteiger partial charge is 0.305 e. The van der Waals surface area contributed by atoms with E-state index in [4.69, 9.17) is 10.8 Å². The van der Waals surface area contributed by atoms with Gasteiger partial charge in [0.15, 0.2) is 0 Å². The Kier molecular flexibility index (Phi) is 3.29. The topological polar surface area (TPSA) is 63.3 Å². The Labute approximate surface area is 72.3 Å². The predicted molar refractivity (Wildman–Crippen MR) is 46.8 cm³/mol. The lowest BCUT2D eigenvalue weighted by atomic mass is 9.93. The van der Waals surface area contributed by atoms with Gasteiger partial charge in [0.1, 0.15) is 0 Å². The van der Waals surface area contributed by atoms with Crippen molar-refractivity contribution in [1.82, 2.24) is 0 Å². The number of aliphatic carboxylic acids is 1. The normalized spacial score (nSPS) is 19.9. The molecule has 0 aliphatic heterocycles. The molecule has 0 aromatic rings. The summed E-state index contributed by atoms with van der Waals surface area (Å²) in [6, 6.07) is -0.261. The van der Waals surface area contributed by atoms with Crippen LogP contribution in [0.25, 0.3) is 0 Å². The van der Waals surface area contributed by atoms with Gasteiger partial charge in [0.2, 0.25) is 0 Å². The lowest BCUT2D eigenvalue weighted by molar-refractivity contribution is -0.137. The number of carboxylic acids is 1. The maximum atomic E-state index is 10.3. The third kappa shape index (κ3) is 2.66. The zero-order valence-electron chi connectivity index (χ0n) is 7.12. The molecule has 3 nitrogen and oxygen atoms in total. The first kappa shape index (κ1) is 9.26. The molecule has 0 saturated carbocycles. The molecule has 0 amide bonds. The SMILES string of the molecule is NC(CC(=O)O)C1=CCCCC1. The van der Waals surface area contributed by atoms with Crippen molar-refractivity contribution >= 4 is 5.97 Å². The molecule has 1 rings (SSSR count). The van der Waals surface area contributed by atoms with Crippen LogP contribution < -0.4 is 5.73 Å². The van der Waals surface area contributed by atoms with E-state index in [1.807, 2.05) is 0 Å². The molecule has 1 aliphatic rings. The van der Waals surface area contributed by atoms with Crippen LogP contribution in [0.2, 0.25) is 0 Å². The highest BCUT2D eigenvalue weighted by molar-refractivity contribution is 5.68. The molecule has 0 spiro atoms. The van der Waals surface area contributed by atoms with E-state index in [2.05, 4.69) is 6.08 Å². The van der Waals surface area contributed by atoms with Crippen LogP contribution in [-0.2, 0) is 4.79 Å². The van der Waals surface area contributed by atoms with E-state index in [9.17, 15) is 4.79 Å². The van der Waals surface area contributed by atoms with E-state index in [1.165, 1.54) is 6.42 Å². The summed E-state index contributed by atoms with van der Waals surface area (Å²) in [5.41, 5.74) is 6.83. The highest BCUT2D eigenvalue weighted by Gasteiger charge is 2.14. The van der Waals surface area contributed by atoms with Crippen molar-refractivity contribution in [1.29, 1.82) is 0 Å². The molecule has 0 bridgehead atoms. The first-order chi connectivity index (χ1) is 5.70. The highest BCUT2D eigenvalue weighted by atomic mass is 16.4. The fourth-order valence-electron chi connectivity index (χ4n) is 1.52. The Morgan fingerprint density at radius 1 is 1.67 bits per heavy atom. The van der Waals surface area contributed by atoms with Crippen molar-refractivity contribution in [2.45, 2.75) is 38.1 Å². The molecule has 3 heteroatoms. The minimum absolute atomic E-state index is 0.0613. The molecule has 1 aliphatic carbocycles. The summed E-state index contributed by atoms with van der Waals surface area (Å²) < 4.78 is 0. The Bertz CT molecular complexity index is 199. The van der Waals surface area contributed by atoms with Gasteiger partial charge in [-0.15, -0.1) is 0 Å². The molecule has 12 heavy (non-hydrogen) atoms. The van der Waals surface area contributed by atoms with Crippen molar-refractivity contribution < 1.29 is 9.90 Å². The number of rotatable bonds is 3. The van der Waals surface area contributed by atoms with Crippen LogP contribution in [-0.4, -0.2) is 17.1 Å². The Morgan fingerprint density at radius 2 is 2.42 bits per heavy atom. The number of allylic oxidation sites excluding steroid dienone is 1. The fraction of sp³-hybridized carbons (Fsp3) is 0.667. The molecule has 0 fully saturated rings. The predicted octanol–water partition coefficient (Wildman–Crippen LogP) is 1.29. The van der Waals surface area contributed by atoms with Crippen molar-refractivity contribution in [2.75, 3.05) is 0 Å². The van der Waals surface area contributed by atoms with E-state index in [1.54, 1.807) is 0 Å². The number of nitrogens with two attached hydrogens (primary N) is 1. The first-order valence-corrected chi connectivity index (χ1v) is 4.36. The first-order valence-electron chi connectivity index (χ1n) is 4.36. The Hall–Kier alpha value is -0.830. The lowest BCUT2D eigenvalue weighted by Gasteiger charge is -2.17. The van der Waals surface area contributed by atoms with E-state index >= 15 is 0 Å². The zero-order valence-corrected chi connectivity index (χ0v) is 7.12. The molecule has 68 valence electrons. The summed E-state index contributed by atoms with van der Waals surface area (Å²) >= 11 is 0. The molecule has 0 aromatic carbocycles. The maximum absolute atomic E-state index is 10.3. The third-order valence-corrected chi connectivity index (χ3v) is 2.20. The standard InChI is InChI=1S/C9H15NO2/c10-8(6-9(11)12)7-4-2-1-3-5-7/h4,8H,1-3,5-6,10H2,(H,11,12). The van der Waals surface area contributed by atoms with Crippen LogP contribution in [0.15, 0.2) is 11.6 Å². The third-order valence-electron chi connectivity index (χ3n) is 2.20. The molecule has 3 N–H and O–H groups in total. The van der Waals surface area contributed by atoms with Gasteiger partial charge >= 0.3 is 5.97 Å². The minimum Gasteiger partial charge on any atom is -0.481 e. The number of hydrogen-bond acceptors (Lipinski definition) is 2. The lowest BCUT2D eigenvalue weighted by Crippen LogP contribution is -2.26. The van der Waals surface area contributed by atoms with Crippen molar-refractivity contribution in [3.05, 3.63) is 11.6 Å². The average molecular weight is 169 g/mol. The summed E-state index contributed by atoms with van der Waals surface area (Å²) in [6.07, 6.45) is 6.56. The van der Waals surface area contributed by atoms with Gasteiger partial charge < -0.3 is 10.8 Å². The van der Waals surface area contributed by atoms with Gasteiger partial charge in [-0.1, -0.05) is 11.6 Å². The van der Waals surface area contributed by atoms with Gasteiger partial charge in [-0.05, 0) is 25.7 Å². The molecule has 1 atom stereocenters. The second-order valence-corrected chi connectivity index (χ2v) is 3.23. The van der Waals surface area contributed by atoms with Gasteiger partial charge in [0.05, 0.1) is 6.42 Å². The molecular formula is C9H15NO2. The van der Waals surface area contributed by atoms with E-state index in [-0.39, 0.29) is 12.5 Å². The Morgan fingerprint density at radius 3 is 2.92 bits per heavy atom. The minimum atomic E-state index is -0.811. The van der Waals surface area contributed by atoms with Crippen LogP contribution >= 0.6 is 0 Å². The van der Waals surface area contributed by atoms with E-state index < -0.39 is 5.97 Å². The van der Waals surface area contributed by atoms with E-state index in [0.29, 0.717) is 0 Å². The van der Waals surface area contributed by atoms with Crippen molar-refractivity contribution in [2.24, 2.45) is 5.73 Å². The second-order valence-electron chi connectivity index (χ2n) is 3.23. The van der Waals surface area contributed by atoms with Gasteiger partial charge in [-0.3, -0.25) is 4.79 Å². The summed E-state index contributed by atoms with van der Waals surface area (Å²) in [4.78, 5) is 10.3. The number of carbonyl (C=O) groups is 1. The van der Waals surface area contributed by atoms with Crippen LogP contribution in [0.4, 0.5) is 0 Å². The van der Waals surface area contributed by atoms with Gasteiger partial charge in [-0.25, -0.2) is 0 Å².